The molecule has 0 spiro atoms. The number of carbonyl (C=O) groups is 2. The van der Waals surface area contributed by atoms with Gasteiger partial charge in [-0.15, -0.1) is 0 Å². The van der Waals surface area contributed by atoms with Crippen molar-refractivity contribution in [1.82, 2.24) is 15.2 Å². The first kappa shape index (κ1) is 25.4. The molecule has 37 heavy (non-hydrogen) atoms. The summed E-state index contributed by atoms with van der Waals surface area (Å²) in [5.74, 6) is 2.07. The summed E-state index contributed by atoms with van der Waals surface area (Å²) >= 11 is 0. The zero-order chi connectivity index (χ0) is 25.9. The summed E-state index contributed by atoms with van der Waals surface area (Å²) in [5.41, 5.74) is 1.05. The van der Waals surface area contributed by atoms with Crippen molar-refractivity contribution in [3.63, 3.8) is 0 Å². The molecule has 1 fully saturated rings. The van der Waals surface area contributed by atoms with Gasteiger partial charge in [0.2, 0.25) is 17.7 Å². The number of ether oxygens (including phenoxy) is 2. The summed E-state index contributed by atoms with van der Waals surface area (Å²) in [7, 11) is 2.06. The molecule has 3 aliphatic rings. The Morgan fingerprint density at radius 3 is 2.81 bits per heavy atom. The lowest BCUT2D eigenvalue weighted by Gasteiger charge is -2.28. The van der Waals surface area contributed by atoms with Crippen LogP contribution < -0.4 is 19.7 Å². The molecule has 2 amide bonds. The van der Waals surface area contributed by atoms with Crippen LogP contribution >= 0.6 is 0 Å². The maximum absolute atomic E-state index is 13.4. The van der Waals surface area contributed by atoms with E-state index in [1.165, 1.54) is 0 Å². The molecule has 0 bridgehead atoms. The number of hydrogen-bond donors (Lipinski definition) is 1. The fraction of sp³-hybridized carbons (Fsp3) is 0.552. The van der Waals surface area contributed by atoms with Gasteiger partial charge in [-0.3, -0.25) is 9.59 Å². The summed E-state index contributed by atoms with van der Waals surface area (Å²) in [6.07, 6.45) is 9.53. The maximum Gasteiger partial charge on any atom is 0.243 e. The van der Waals surface area contributed by atoms with Crippen molar-refractivity contribution in [3.05, 3.63) is 36.5 Å². The van der Waals surface area contributed by atoms with Crippen LogP contribution in [0.15, 0.2) is 36.5 Å². The van der Waals surface area contributed by atoms with E-state index in [0.29, 0.717) is 44.3 Å². The number of allylic oxidation sites excluding steroid dienone is 1. The number of carbonyl (C=O) groups excluding carboxylic acids is 2. The summed E-state index contributed by atoms with van der Waals surface area (Å²) in [6.45, 7) is 6.70. The van der Waals surface area contributed by atoms with Crippen LogP contribution in [0.1, 0.15) is 46.0 Å². The molecule has 1 N–H and O–H groups in total. The number of pyridine rings is 1. The average Bonchev–Trinajstić information content (AvgIpc) is 3.30. The summed E-state index contributed by atoms with van der Waals surface area (Å²) in [6, 6.07) is 5.46. The van der Waals surface area contributed by atoms with Gasteiger partial charge in [-0.2, -0.15) is 0 Å². The molecule has 5 rings (SSSR count). The van der Waals surface area contributed by atoms with Crippen LogP contribution in [0.3, 0.4) is 0 Å². The molecule has 0 aliphatic carbocycles. The van der Waals surface area contributed by atoms with E-state index < -0.39 is 6.04 Å². The van der Waals surface area contributed by atoms with E-state index in [1.54, 1.807) is 11.1 Å². The van der Waals surface area contributed by atoms with Gasteiger partial charge < -0.3 is 24.6 Å². The Labute approximate surface area is 219 Å². The number of benzene rings is 1. The minimum atomic E-state index is -0.543. The van der Waals surface area contributed by atoms with Gasteiger partial charge in [-0.1, -0.05) is 26.0 Å². The molecule has 4 heterocycles. The molecular formula is C29H38N4O4. The molecule has 1 aromatic heterocycles. The van der Waals surface area contributed by atoms with Gasteiger partial charge in [0.15, 0.2) is 5.75 Å². The van der Waals surface area contributed by atoms with Crippen molar-refractivity contribution in [3.8, 4) is 11.6 Å². The van der Waals surface area contributed by atoms with Crippen LogP contribution in [0, 0.1) is 11.8 Å². The molecule has 2 aromatic rings. The lowest BCUT2D eigenvalue weighted by atomic mass is 9.91. The molecule has 8 nitrogen and oxygen atoms in total. The molecule has 1 saturated heterocycles. The molecule has 4 atom stereocenters. The van der Waals surface area contributed by atoms with Gasteiger partial charge in [0.25, 0.3) is 0 Å². The normalized spacial score (nSPS) is 28.1. The van der Waals surface area contributed by atoms with E-state index in [9.17, 15) is 9.59 Å². The average molecular weight is 507 g/mol. The molecule has 8 heteroatoms. The van der Waals surface area contributed by atoms with E-state index in [0.717, 1.165) is 48.0 Å². The number of likely N-dealkylation sites (N-methyl/N-ethyl adjacent to an activating group) is 1. The van der Waals surface area contributed by atoms with Gasteiger partial charge in [0.1, 0.15) is 18.8 Å². The third-order valence-electron chi connectivity index (χ3n) is 7.80. The van der Waals surface area contributed by atoms with Crippen molar-refractivity contribution < 1.29 is 19.1 Å². The Bertz CT molecular complexity index is 1180. The SMILES string of the molecule is C[C@H]1CC/C=C\CNC(=O)[C@@H]2C[C@@H](Oc3nccc4c5c(ccc34)N(C)CCO5)CN2C(=O)C[C@H](C)C1. The fourth-order valence-electron chi connectivity index (χ4n) is 5.87. The van der Waals surface area contributed by atoms with Crippen molar-refractivity contribution in [2.45, 2.75) is 58.1 Å². The minimum Gasteiger partial charge on any atom is -0.489 e. The largest absolute Gasteiger partial charge is 0.489 e. The first-order valence-corrected chi connectivity index (χ1v) is 13.5. The number of nitrogens with zero attached hydrogens (tertiary/aromatic N) is 3. The van der Waals surface area contributed by atoms with E-state index in [4.69, 9.17) is 9.47 Å². The summed E-state index contributed by atoms with van der Waals surface area (Å²) in [5, 5.41) is 4.81. The zero-order valence-corrected chi connectivity index (χ0v) is 22.1. The van der Waals surface area contributed by atoms with Gasteiger partial charge >= 0.3 is 0 Å². The fourth-order valence-corrected chi connectivity index (χ4v) is 5.87. The number of aromatic nitrogens is 1. The molecule has 3 aliphatic heterocycles. The lowest BCUT2D eigenvalue weighted by molar-refractivity contribution is -0.139. The Balaban J connectivity index is 1.37. The van der Waals surface area contributed by atoms with Crippen LogP contribution in [0.5, 0.6) is 11.6 Å². The van der Waals surface area contributed by atoms with Crippen LogP contribution in [-0.2, 0) is 9.59 Å². The number of rotatable bonds is 2. The molecule has 0 unspecified atom stereocenters. The number of amides is 2. The summed E-state index contributed by atoms with van der Waals surface area (Å²) < 4.78 is 12.4. The van der Waals surface area contributed by atoms with Crippen LogP contribution in [0.25, 0.3) is 10.8 Å². The standard InChI is InChI=1S/C29H38N4O4/c1-19-7-5-4-6-11-30-28(35)25-17-21(18-33(25)26(34)16-20(2)15-19)37-29-23-8-9-24-27(22(23)10-12-31-29)36-14-13-32(24)3/h4,6,8-10,12,19-21,25H,5,7,11,13-18H2,1-3H3,(H,30,35)/b6-4-/t19-,20+,21+,25-/m0/s1. The van der Waals surface area contributed by atoms with E-state index in [2.05, 4.69) is 42.2 Å². The molecule has 198 valence electrons. The van der Waals surface area contributed by atoms with E-state index >= 15 is 0 Å². The number of anilines is 1. The Morgan fingerprint density at radius 1 is 1.08 bits per heavy atom. The van der Waals surface area contributed by atoms with Crippen molar-refractivity contribution in [1.29, 1.82) is 0 Å². The van der Waals surface area contributed by atoms with Crippen molar-refractivity contribution in [2.24, 2.45) is 11.8 Å². The smallest absolute Gasteiger partial charge is 0.243 e. The van der Waals surface area contributed by atoms with Crippen LogP contribution in [-0.4, -0.2) is 67.1 Å². The van der Waals surface area contributed by atoms with E-state index in [-0.39, 0.29) is 23.8 Å². The highest BCUT2D eigenvalue weighted by atomic mass is 16.5. The highest BCUT2D eigenvalue weighted by molar-refractivity contribution is 5.96. The summed E-state index contributed by atoms with van der Waals surface area (Å²) in [4.78, 5) is 34.9. The second kappa shape index (κ2) is 11.0. The predicted octanol–water partition coefficient (Wildman–Crippen LogP) is 3.93. The van der Waals surface area contributed by atoms with Gasteiger partial charge in [0, 0.05) is 43.4 Å². The first-order chi connectivity index (χ1) is 17.9. The highest BCUT2D eigenvalue weighted by Gasteiger charge is 2.41. The Hall–Kier alpha value is -3.29. The van der Waals surface area contributed by atoms with Gasteiger partial charge in [-0.05, 0) is 49.3 Å². The minimum absolute atomic E-state index is 0.0231. The van der Waals surface area contributed by atoms with Crippen molar-refractivity contribution >= 4 is 28.3 Å². The number of nitrogens with one attached hydrogen (secondary N) is 1. The molecule has 0 radical (unpaired) electrons. The lowest BCUT2D eigenvalue weighted by Crippen LogP contribution is -2.46. The highest BCUT2D eigenvalue weighted by Crippen LogP contribution is 2.40. The zero-order valence-electron chi connectivity index (χ0n) is 22.1. The quantitative estimate of drug-likeness (QED) is 0.622. The van der Waals surface area contributed by atoms with Gasteiger partial charge in [-0.25, -0.2) is 4.98 Å². The second-order valence-corrected chi connectivity index (χ2v) is 10.9. The predicted molar refractivity (Wildman–Crippen MR) is 144 cm³/mol. The Kier molecular flexibility index (Phi) is 7.53. The third kappa shape index (κ3) is 5.53. The molecule has 0 saturated carbocycles. The van der Waals surface area contributed by atoms with Crippen LogP contribution in [0.2, 0.25) is 0 Å². The number of fused-ring (bicyclic) bond motifs is 4. The third-order valence-corrected chi connectivity index (χ3v) is 7.80. The Morgan fingerprint density at radius 2 is 1.95 bits per heavy atom. The maximum atomic E-state index is 13.4. The van der Waals surface area contributed by atoms with Gasteiger partial charge in [0.05, 0.1) is 18.8 Å². The molecule has 1 aromatic carbocycles. The number of hydrogen-bond acceptors (Lipinski definition) is 6. The van der Waals surface area contributed by atoms with Crippen LogP contribution in [0.4, 0.5) is 5.69 Å². The van der Waals surface area contributed by atoms with E-state index in [1.807, 2.05) is 24.3 Å². The topological polar surface area (TPSA) is 84.0 Å². The first-order valence-electron chi connectivity index (χ1n) is 13.5. The second-order valence-electron chi connectivity index (χ2n) is 10.9. The monoisotopic (exact) mass is 506 g/mol. The van der Waals surface area contributed by atoms with Crippen molar-refractivity contribution in [2.75, 3.05) is 38.2 Å². The molecular weight excluding hydrogens is 468 g/mol.